The molecule has 0 aliphatic carbocycles. The molecule has 2 aromatic carbocycles. The molecule has 0 bridgehead atoms. The number of phenols is 1. The predicted octanol–water partition coefficient (Wildman–Crippen LogP) is 2.69. The zero-order valence-corrected chi connectivity index (χ0v) is 16.8. The maximum absolute atomic E-state index is 13.4. The van der Waals surface area contributed by atoms with E-state index in [0.717, 1.165) is 11.0 Å². The third-order valence-electron chi connectivity index (χ3n) is 4.99. The number of methoxy groups -OCH3 is 2. The van der Waals surface area contributed by atoms with E-state index in [4.69, 9.17) is 14.2 Å². The first-order chi connectivity index (χ1) is 14.6. The van der Waals surface area contributed by atoms with Gasteiger partial charge in [-0.25, -0.2) is 4.98 Å². The van der Waals surface area contributed by atoms with Crippen LogP contribution in [0.2, 0.25) is 0 Å². The molecule has 0 unspecified atom stereocenters. The van der Waals surface area contributed by atoms with Crippen molar-refractivity contribution in [3.63, 3.8) is 0 Å². The van der Waals surface area contributed by atoms with Crippen LogP contribution in [0, 0.1) is 0 Å². The SMILES string of the molecule is COc1cc(/C=C(/C(=O)N2CCOCC2)c2nc3ccccc3[nH]2)cc(OC)c1O. The average molecular weight is 409 g/mol. The lowest BCUT2D eigenvalue weighted by Gasteiger charge is -2.27. The first-order valence-electron chi connectivity index (χ1n) is 9.59. The minimum atomic E-state index is -0.150. The molecule has 3 aromatic rings. The van der Waals surface area contributed by atoms with Gasteiger partial charge >= 0.3 is 0 Å². The molecular formula is C22H23N3O5. The number of morpholine rings is 1. The molecule has 8 nitrogen and oxygen atoms in total. The number of aromatic amines is 1. The monoisotopic (exact) mass is 409 g/mol. The third-order valence-corrected chi connectivity index (χ3v) is 4.99. The molecule has 156 valence electrons. The maximum Gasteiger partial charge on any atom is 0.257 e. The standard InChI is InChI=1S/C22H23N3O5/c1-28-18-12-14(13-19(29-2)20(18)26)11-15(22(27)25-7-9-30-10-8-25)21-23-16-5-3-4-6-17(16)24-21/h3-6,11-13,26H,7-10H2,1-2H3,(H,23,24)/b15-11+. The molecule has 8 heteroatoms. The molecule has 1 fully saturated rings. The minimum absolute atomic E-state index is 0.0954. The van der Waals surface area contributed by atoms with Gasteiger partial charge in [0.2, 0.25) is 5.75 Å². The zero-order chi connectivity index (χ0) is 21.1. The van der Waals surface area contributed by atoms with Crippen LogP contribution in [0.1, 0.15) is 11.4 Å². The number of para-hydroxylation sites is 2. The Bertz CT molecular complexity index is 1040. The van der Waals surface area contributed by atoms with Crippen LogP contribution in [-0.2, 0) is 9.53 Å². The number of rotatable bonds is 5. The summed E-state index contributed by atoms with van der Waals surface area (Å²) < 4.78 is 15.9. The van der Waals surface area contributed by atoms with Gasteiger partial charge in [0.1, 0.15) is 5.82 Å². The smallest absolute Gasteiger partial charge is 0.257 e. The number of hydrogen-bond donors (Lipinski definition) is 2. The maximum atomic E-state index is 13.4. The summed E-state index contributed by atoms with van der Waals surface area (Å²) in [5, 5.41) is 10.2. The number of nitrogens with zero attached hydrogens (tertiary/aromatic N) is 2. The summed E-state index contributed by atoms with van der Waals surface area (Å²) in [5.41, 5.74) is 2.66. The van der Waals surface area contributed by atoms with Crippen molar-refractivity contribution in [2.24, 2.45) is 0 Å². The van der Waals surface area contributed by atoms with Crippen LogP contribution in [0.25, 0.3) is 22.7 Å². The highest BCUT2D eigenvalue weighted by molar-refractivity contribution is 6.23. The summed E-state index contributed by atoms with van der Waals surface area (Å²) in [6, 6.07) is 10.9. The van der Waals surface area contributed by atoms with E-state index in [9.17, 15) is 9.90 Å². The summed E-state index contributed by atoms with van der Waals surface area (Å²) in [6.07, 6.45) is 1.72. The lowest BCUT2D eigenvalue weighted by molar-refractivity contribution is -0.128. The van der Waals surface area contributed by atoms with Gasteiger partial charge in [-0.2, -0.15) is 0 Å². The predicted molar refractivity (Wildman–Crippen MR) is 113 cm³/mol. The summed E-state index contributed by atoms with van der Waals surface area (Å²) in [5.74, 6) is 0.732. The number of nitrogens with one attached hydrogen (secondary N) is 1. The van der Waals surface area contributed by atoms with Gasteiger partial charge in [-0.05, 0) is 35.9 Å². The summed E-state index contributed by atoms with van der Waals surface area (Å²) in [7, 11) is 2.92. The van der Waals surface area contributed by atoms with E-state index >= 15 is 0 Å². The van der Waals surface area contributed by atoms with Crippen molar-refractivity contribution in [2.45, 2.75) is 0 Å². The number of fused-ring (bicyclic) bond motifs is 1. The van der Waals surface area contributed by atoms with Gasteiger partial charge in [-0.3, -0.25) is 4.79 Å². The second-order valence-electron chi connectivity index (χ2n) is 6.84. The molecule has 2 N–H and O–H groups in total. The Kier molecular flexibility index (Phi) is 5.58. The Morgan fingerprint density at radius 1 is 1.17 bits per heavy atom. The van der Waals surface area contributed by atoms with Gasteiger partial charge in [-0.15, -0.1) is 0 Å². The van der Waals surface area contributed by atoms with Gasteiger partial charge < -0.3 is 29.2 Å². The Labute approximate surface area is 173 Å². The van der Waals surface area contributed by atoms with E-state index in [1.807, 2.05) is 24.3 Å². The van der Waals surface area contributed by atoms with Crippen molar-refractivity contribution in [3.8, 4) is 17.2 Å². The molecule has 0 spiro atoms. The number of aromatic nitrogens is 2. The molecule has 1 saturated heterocycles. The van der Waals surface area contributed by atoms with Crippen molar-refractivity contribution in [1.29, 1.82) is 0 Å². The molecular weight excluding hydrogens is 386 g/mol. The average Bonchev–Trinajstić information content (AvgIpc) is 3.22. The lowest BCUT2D eigenvalue weighted by atomic mass is 10.1. The second kappa shape index (κ2) is 8.46. The molecule has 1 aliphatic rings. The van der Waals surface area contributed by atoms with Crippen LogP contribution in [0.15, 0.2) is 36.4 Å². The second-order valence-corrected chi connectivity index (χ2v) is 6.84. The number of H-pyrrole nitrogens is 1. The van der Waals surface area contributed by atoms with E-state index in [2.05, 4.69) is 9.97 Å². The number of phenolic OH excluding ortho intramolecular Hbond substituents is 1. The molecule has 1 amide bonds. The van der Waals surface area contributed by atoms with E-state index in [-0.39, 0.29) is 23.2 Å². The Hall–Kier alpha value is -3.52. The fourth-order valence-corrected chi connectivity index (χ4v) is 3.41. The summed E-state index contributed by atoms with van der Waals surface area (Å²) in [4.78, 5) is 23.0. The van der Waals surface area contributed by atoms with Crippen LogP contribution in [0.4, 0.5) is 0 Å². The number of carbonyl (C=O) groups excluding carboxylic acids is 1. The van der Waals surface area contributed by atoms with Crippen molar-refractivity contribution in [2.75, 3.05) is 40.5 Å². The number of carbonyl (C=O) groups is 1. The van der Waals surface area contributed by atoms with Crippen molar-refractivity contribution in [3.05, 3.63) is 47.8 Å². The third kappa shape index (κ3) is 3.81. The Morgan fingerprint density at radius 2 is 1.83 bits per heavy atom. The largest absolute Gasteiger partial charge is 0.502 e. The van der Waals surface area contributed by atoms with Crippen molar-refractivity contribution < 1.29 is 24.1 Å². The number of amides is 1. The van der Waals surface area contributed by atoms with E-state index < -0.39 is 0 Å². The molecule has 1 aromatic heterocycles. The summed E-state index contributed by atoms with van der Waals surface area (Å²) in [6.45, 7) is 2.03. The first-order valence-corrected chi connectivity index (χ1v) is 9.59. The van der Waals surface area contributed by atoms with Gasteiger partial charge in [0.25, 0.3) is 5.91 Å². The number of hydrogen-bond acceptors (Lipinski definition) is 6. The molecule has 1 aliphatic heterocycles. The zero-order valence-electron chi connectivity index (χ0n) is 16.8. The number of benzene rings is 2. The quantitative estimate of drug-likeness (QED) is 0.629. The van der Waals surface area contributed by atoms with E-state index in [1.54, 1.807) is 23.1 Å². The van der Waals surface area contributed by atoms with E-state index in [1.165, 1.54) is 14.2 Å². The minimum Gasteiger partial charge on any atom is -0.502 e. The molecule has 2 heterocycles. The van der Waals surface area contributed by atoms with Gasteiger partial charge in [0.15, 0.2) is 11.5 Å². The molecule has 0 atom stereocenters. The fraction of sp³-hybridized carbons (Fsp3) is 0.273. The Balaban J connectivity index is 1.83. The number of aromatic hydroxyl groups is 1. The Morgan fingerprint density at radius 3 is 2.47 bits per heavy atom. The van der Waals surface area contributed by atoms with Gasteiger partial charge in [-0.1, -0.05) is 12.1 Å². The highest BCUT2D eigenvalue weighted by Gasteiger charge is 2.24. The van der Waals surface area contributed by atoms with Crippen LogP contribution in [0.3, 0.4) is 0 Å². The van der Waals surface area contributed by atoms with Gasteiger partial charge in [0, 0.05) is 13.1 Å². The van der Waals surface area contributed by atoms with Crippen LogP contribution < -0.4 is 9.47 Å². The van der Waals surface area contributed by atoms with Crippen LogP contribution in [0.5, 0.6) is 17.2 Å². The lowest BCUT2D eigenvalue weighted by Crippen LogP contribution is -2.41. The topological polar surface area (TPSA) is 96.9 Å². The summed E-state index contributed by atoms with van der Waals surface area (Å²) >= 11 is 0. The fourth-order valence-electron chi connectivity index (χ4n) is 3.41. The highest BCUT2D eigenvalue weighted by atomic mass is 16.5. The molecule has 0 saturated carbocycles. The number of imidazole rings is 1. The molecule has 0 radical (unpaired) electrons. The highest BCUT2D eigenvalue weighted by Crippen LogP contribution is 2.38. The van der Waals surface area contributed by atoms with Gasteiger partial charge in [0.05, 0.1) is 44.0 Å². The first kappa shape index (κ1) is 19.8. The number of ether oxygens (including phenoxy) is 3. The van der Waals surface area contributed by atoms with Crippen LogP contribution in [-0.4, -0.2) is 66.4 Å². The van der Waals surface area contributed by atoms with Crippen molar-refractivity contribution in [1.82, 2.24) is 14.9 Å². The molecule has 30 heavy (non-hydrogen) atoms. The van der Waals surface area contributed by atoms with Crippen LogP contribution >= 0.6 is 0 Å². The van der Waals surface area contributed by atoms with E-state index in [0.29, 0.717) is 43.3 Å². The van der Waals surface area contributed by atoms with Crippen molar-refractivity contribution >= 4 is 28.6 Å². The molecule has 4 rings (SSSR count). The normalized spacial score (nSPS) is 14.7.